The van der Waals surface area contributed by atoms with Gasteiger partial charge < -0.3 is 0 Å². The smallest absolute Gasteiger partial charge is 0.268 e. The van der Waals surface area contributed by atoms with Gasteiger partial charge >= 0.3 is 6.18 Å². The fourth-order valence-corrected chi connectivity index (χ4v) is 2.83. The summed E-state index contributed by atoms with van der Waals surface area (Å²) in [7, 11) is 0. The molecule has 8 heteroatoms. The average molecular weight is 386 g/mol. The van der Waals surface area contributed by atoms with Crippen molar-refractivity contribution in [2.24, 2.45) is 0 Å². The summed E-state index contributed by atoms with van der Waals surface area (Å²) >= 11 is 11.8. The molecule has 0 unspecified atom stereocenters. The molecule has 0 N–H and O–H groups in total. The van der Waals surface area contributed by atoms with Gasteiger partial charge in [0.2, 0.25) is 0 Å². The molecule has 0 saturated heterocycles. The van der Waals surface area contributed by atoms with Crippen LogP contribution in [0.1, 0.15) is 11.1 Å². The lowest BCUT2D eigenvalue weighted by molar-refractivity contribution is -0.137. The molecule has 1 aliphatic rings. The van der Waals surface area contributed by atoms with E-state index in [1.807, 2.05) is 0 Å². The van der Waals surface area contributed by atoms with Gasteiger partial charge in [-0.15, -0.1) is 0 Å². The summed E-state index contributed by atoms with van der Waals surface area (Å²) in [4.78, 5) is 25.6. The Balaban J connectivity index is 2.03. The van der Waals surface area contributed by atoms with Crippen LogP contribution in [-0.4, -0.2) is 11.8 Å². The first-order chi connectivity index (χ1) is 11.7. The summed E-state index contributed by atoms with van der Waals surface area (Å²) in [6, 6.07) is 9.96. The van der Waals surface area contributed by atoms with Gasteiger partial charge in [0.1, 0.15) is 5.03 Å². The zero-order chi connectivity index (χ0) is 18.4. The summed E-state index contributed by atoms with van der Waals surface area (Å²) in [5.41, 5.74) is -0.906. The van der Waals surface area contributed by atoms with E-state index in [9.17, 15) is 22.8 Å². The first-order valence-corrected chi connectivity index (χ1v) is 7.67. The number of hydrogen-bond acceptors (Lipinski definition) is 2. The van der Waals surface area contributed by atoms with Crippen LogP contribution >= 0.6 is 23.2 Å². The van der Waals surface area contributed by atoms with Gasteiger partial charge in [0.25, 0.3) is 11.8 Å². The summed E-state index contributed by atoms with van der Waals surface area (Å²) in [5.74, 6) is -1.67. The molecule has 0 spiro atoms. The van der Waals surface area contributed by atoms with Crippen molar-refractivity contribution in [1.29, 1.82) is 0 Å². The number of rotatable bonds is 2. The van der Waals surface area contributed by atoms with Crippen molar-refractivity contribution in [3.8, 4) is 0 Å². The molecule has 0 radical (unpaired) electrons. The number of anilines is 1. The molecule has 2 amide bonds. The summed E-state index contributed by atoms with van der Waals surface area (Å²) in [6.07, 6.45) is -4.60. The third-order valence-electron chi connectivity index (χ3n) is 3.59. The second-order valence-corrected chi connectivity index (χ2v) is 6.00. The Hall–Kier alpha value is -2.31. The Morgan fingerprint density at radius 1 is 0.880 bits per heavy atom. The van der Waals surface area contributed by atoms with E-state index in [0.717, 1.165) is 18.2 Å². The van der Waals surface area contributed by atoms with Crippen LogP contribution < -0.4 is 4.90 Å². The third-order valence-corrected chi connectivity index (χ3v) is 4.19. The predicted molar refractivity (Wildman–Crippen MR) is 88.2 cm³/mol. The van der Waals surface area contributed by atoms with Crippen molar-refractivity contribution in [3.63, 3.8) is 0 Å². The first-order valence-electron chi connectivity index (χ1n) is 6.92. The van der Waals surface area contributed by atoms with Gasteiger partial charge in [0.05, 0.1) is 16.8 Å². The second kappa shape index (κ2) is 6.20. The van der Waals surface area contributed by atoms with Crippen molar-refractivity contribution in [2.45, 2.75) is 6.18 Å². The molecular formula is C17H8Cl2F3NO2. The van der Waals surface area contributed by atoms with E-state index in [1.54, 1.807) is 0 Å². The summed E-state index contributed by atoms with van der Waals surface area (Å²) in [5, 5.41) is 0.0664. The lowest BCUT2D eigenvalue weighted by atomic mass is 10.1. The number of amides is 2. The van der Waals surface area contributed by atoms with Crippen LogP contribution in [0.4, 0.5) is 18.9 Å². The van der Waals surface area contributed by atoms with E-state index in [1.165, 1.54) is 30.3 Å². The zero-order valence-corrected chi connectivity index (χ0v) is 13.8. The van der Waals surface area contributed by atoms with Gasteiger partial charge in [-0.1, -0.05) is 41.4 Å². The highest BCUT2D eigenvalue weighted by atomic mass is 35.5. The Morgan fingerprint density at radius 3 is 2.12 bits per heavy atom. The van der Waals surface area contributed by atoms with Crippen LogP contribution in [0, 0.1) is 0 Å². The molecule has 0 atom stereocenters. The molecule has 25 heavy (non-hydrogen) atoms. The fourth-order valence-electron chi connectivity index (χ4n) is 2.43. The highest BCUT2D eigenvalue weighted by Gasteiger charge is 2.40. The molecule has 0 aromatic heterocycles. The van der Waals surface area contributed by atoms with E-state index in [-0.39, 0.29) is 16.3 Å². The molecule has 2 aromatic rings. The van der Waals surface area contributed by atoms with Crippen molar-refractivity contribution in [3.05, 3.63) is 69.7 Å². The van der Waals surface area contributed by atoms with Gasteiger partial charge in [-0.2, -0.15) is 13.2 Å². The molecule has 1 heterocycles. The molecule has 0 fully saturated rings. The van der Waals surface area contributed by atoms with Crippen LogP contribution in [0.2, 0.25) is 5.02 Å². The Bertz CT molecular complexity index is 905. The van der Waals surface area contributed by atoms with Crippen LogP contribution in [0.15, 0.2) is 53.6 Å². The van der Waals surface area contributed by atoms with E-state index >= 15 is 0 Å². The number of hydrogen-bond donors (Lipinski definition) is 0. The van der Waals surface area contributed by atoms with E-state index < -0.39 is 23.6 Å². The minimum atomic E-state index is -4.60. The van der Waals surface area contributed by atoms with Crippen molar-refractivity contribution in [2.75, 3.05) is 4.90 Å². The number of carbonyl (C=O) groups excluding carboxylic acids is 2. The van der Waals surface area contributed by atoms with E-state index in [0.29, 0.717) is 15.5 Å². The number of halogens is 5. The van der Waals surface area contributed by atoms with Crippen LogP contribution in [0.5, 0.6) is 0 Å². The number of alkyl halides is 3. The standard InChI is InChI=1S/C17H8Cl2F3NO2/c18-11-6-4-9(5-7-11)13-14(19)16(25)23(15(13)24)12-3-1-2-10(8-12)17(20,21)22/h1-8H. The van der Waals surface area contributed by atoms with Crippen LogP contribution in [-0.2, 0) is 15.8 Å². The summed E-state index contributed by atoms with van der Waals surface area (Å²) in [6.45, 7) is 0. The molecular weight excluding hydrogens is 378 g/mol. The Labute approximate surface area is 150 Å². The van der Waals surface area contributed by atoms with Crippen molar-refractivity contribution in [1.82, 2.24) is 0 Å². The molecule has 0 aliphatic carbocycles. The van der Waals surface area contributed by atoms with E-state index in [4.69, 9.17) is 23.2 Å². The first kappa shape index (κ1) is 17.5. The SMILES string of the molecule is O=C1C(Cl)=C(c2ccc(Cl)cc2)C(=O)N1c1cccc(C(F)(F)F)c1. The second-order valence-electron chi connectivity index (χ2n) is 5.19. The van der Waals surface area contributed by atoms with Gasteiger partial charge in [-0.25, -0.2) is 4.90 Å². The number of nitrogens with zero attached hydrogens (tertiary/aromatic N) is 1. The maximum atomic E-state index is 12.9. The fraction of sp³-hybridized carbons (Fsp3) is 0.0588. The lowest BCUT2D eigenvalue weighted by Crippen LogP contribution is -2.31. The molecule has 128 valence electrons. The Kier molecular flexibility index (Phi) is 4.34. The van der Waals surface area contributed by atoms with E-state index in [2.05, 4.69) is 0 Å². The molecule has 3 rings (SSSR count). The highest BCUT2D eigenvalue weighted by Crippen LogP contribution is 2.37. The third kappa shape index (κ3) is 3.15. The maximum absolute atomic E-state index is 12.9. The van der Waals surface area contributed by atoms with Gasteiger partial charge in [-0.3, -0.25) is 9.59 Å². The minimum Gasteiger partial charge on any atom is -0.268 e. The monoisotopic (exact) mass is 385 g/mol. The Morgan fingerprint density at radius 2 is 1.52 bits per heavy atom. The van der Waals surface area contributed by atoms with Gasteiger partial charge in [-0.05, 0) is 35.9 Å². The maximum Gasteiger partial charge on any atom is 0.416 e. The van der Waals surface area contributed by atoms with Gasteiger partial charge in [0, 0.05) is 5.02 Å². The number of carbonyl (C=O) groups is 2. The van der Waals surface area contributed by atoms with Crippen molar-refractivity contribution < 1.29 is 22.8 Å². The molecule has 2 aromatic carbocycles. The quantitative estimate of drug-likeness (QED) is 0.690. The highest BCUT2D eigenvalue weighted by molar-refractivity contribution is 6.60. The minimum absolute atomic E-state index is 0.0826. The largest absolute Gasteiger partial charge is 0.416 e. The van der Waals surface area contributed by atoms with Gasteiger partial charge in [0.15, 0.2) is 0 Å². The number of imide groups is 1. The predicted octanol–water partition coefficient (Wildman–Crippen LogP) is 4.88. The molecule has 3 nitrogen and oxygen atoms in total. The molecule has 0 saturated carbocycles. The topological polar surface area (TPSA) is 37.4 Å². The molecule has 1 aliphatic heterocycles. The molecule has 0 bridgehead atoms. The van der Waals surface area contributed by atoms with Crippen molar-refractivity contribution >= 4 is 46.3 Å². The zero-order valence-electron chi connectivity index (χ0n) is 12.3. The lowest BCUT2D eigenvalue weighted by Gasteiger charge is -2.16. The van der Waals surface area contributed by atoms with Crippen LogP contribution in [0.3, 0.4) is 0 Å². The normalized spacial score (nSPS) is 15.3. The summed E-state index contributed by atoms with van der Waals surface area (Å²) < 4.78 is 38.6. The van der Waals surface area contributed by atoms with Crippen LogP contribution in [0.25, 0.3) is 5.57 Å². The average Bonchev–Trinajstić information content (AvgIpc) is 2.78. The number of benzene rings is 2.